The highest BCUT2D eigenvalue weighted by atomic mass is 32.2. The average molecular weight is 187 g/mol. The summed E-state index contributed by atoms with van der Waals surface area (Å²) in [7, 11) is 0. The fraction of sp³-hybridized carbons (Fsp3) is 0.778. The summed E-state index contributed by atoms with van der Waals surface area (Å²) in [5.41, 5.74) is 1.20. The number of hydrogen-bond donors (Lipinski definition) is 0. The molecule has 0 amide bonds. The average Bonchev–Trinajstić information content (AvgIpc) is 2.32. The van der Waals surface area contributed by atoms with Crippen LogP contribution in [-0.2, 0) is 11.4 Å². The second-order valence-electron chi connectivity index (χ2n) is 4.23. The van der Waals surface area contributed by atoms with E-state index in [-0.39, 0.29) is 4.75 Å². The molecule has 1 saturated heterocycles. The van der Waals surface area contributed by atoms with Gasteiger partial charge in [-0.05, 0) is 27.2 Å². The van der Waals surface area contributed by atoms with Gasteiger partial charge in [0.2, 0.25) is 0 Å². The molecular formula is C9H17NOS. The van der Waals surface area contributed by atoms with E-state index >= 15 is 0 Å². The molecule has 70 valence electrons. The fourth-order valence-corrected chi connectivity index (χ4v) is 2.55. The summed E-state index contributed by atoms with van der Waals surface area (Å²) in [5, 5.41) is 0. The Labute approximate surface area is 78.0 Å². The summed E-state index contributed by atoms with van der Waals surface area (Å²) >= 11 is -0.861. The lowest BCUT2D eigenvalue weighted by atomic mass is 10.3. The molecule has 0 bridgehead atoms. The molecule has 1 fully saturated rings. The highest BCUT2D eigenvalue weighted by molar-refractivity contribution is 7.90. The first-order chi connectivity index (χ1) is 5.41. The second-order valence-corrected chi connectivity index (χ2v) is 6.46. The minimum Gasteiger partial charge on any atom is -0.597 e. The van der Waals surface area contributed by atoms with Gasteiger partial charge in [-0.15, -0.1) is 4.31 Å². The van der Waals surface area contributed by atoms with Gasteiger partial charge in [0.05, 0.1) is 6.54 Å². The van der Waals surface area contributed by atoms with Gasteiger partial charge in [0, 0.05) is 17.9 Å². The van der Waals surface area contributed by atoms with E-state index in [1.54, 1.807) is 0 Å². The molecule has 0 spiro atoms. The van der Waals surface area contributed by atoms with Gasteiger partial charge in [-0.2, -0.15) is 0 Å². The molecule has 0 saturated carbocycles. The second kappa shape index (κ2) is 3.40. The third-order valence-corrected chi connectivity index (χ3v) is 3.70. The van der Waals surface area contributed by atoms with Crippen LogP contribution in [-0.4, -0.2) is 26.7 Å². The minimum absolute atomic E-state index is 0.134. The van der Waals surface area contributed by atoms with Crippen molar-refractivity contribution < 1.29 is 4.55 Å². The Balaban J connectivity index is 2.54. The molecule has 1 rings (SSSR count). The van der Waals surface area contributed by atoms with Crippen molar-refractivity contribution in [1.82, 2.24) is 4.31 Å². The van der Waals surface area contributed by atoms with Crippen LogP contribution in [0.5, 0.6) is 0 Å². The van der Waals surface area contributed by atoms with Crippen LogP contribution in [0.25, 0.3) is 0 Å². The van der Waals surface area contributed by atoms with Crippen molar-refractivity contribution in [2.24, 2.45) is 0 Å². The Hall–Kier alpha value is 0.01000. The molecule has 1 heterocycles. The van der Waals surface area contributed by atoms with Crippen LogP contribution < -0.4 is 0 Å². The van der Waals surface area contributed by atoms with Gasteiger partial charge < -0.3 is 4.55 Å². The van der Waals surface area contributed by atoms with Crippen molar-refractivity contribution in [2.75, 3.05) is 13.1 Å². The molecule has 12 heavy (non-hydrogen) atoms. The van der Waals surface area contributed by atoms with E-state index in [0.717, 1.165) is 19.5 Å². The predicted octanol–water partition coefficient (Wildman–Crippen LogP) is 1.71. The summed E-state index contributed by atoms with van der Waals surface area (Å²) in [6.45, 7) is 11.6. The lowest BCUT2D eigenvalue weighted by Crippen LogP contribution is -2.41. The van der Waals surface area contributed by atoms with E-state index < -0.39 is 11.4 Å². The number of hydrogen-bond acceptors (Lipinski definition) is 2. The van der Waals surface area contributed by atoms with Crippen LogP contribution in [0.1, 0.15) is 27.2 Å². The molecule has 1 unspecified atom stereocenters. The van der Waals surface area contributed by atoms with Crippen molar-refractivity contribution in [3.63, 3.8) is 0 Å². The summed E-state index contributed by atoms with van der Waals surface area (Å²) in [6.07, 6.45) is 1.00. The molecular weight excluding hydrogens is 170 g/mol. The van der Waals surface area contributed by atoms with Crippen molar-refractivity contribution in [3.05, 3.63) is 12.2 Å². The molecule has 1 aliphatic rings. The van der Waals surface area contributed by atoms with Crippen LogP contribution in [0.2, 0.25) is 0 Å². The molecule has 0 N–H and O–H groups in total. The third-order valence-electron chi connectivity index (χ3n) is 1.87. The Bertz CT molecular complexity index is 185. The molecule has 1 atom stereocenters. The molecule has 3 heteroatoms. The first-order valence-electron chi connectivity index (χ1n) is 4.25. The quantitative estimate of drug-likeness (QED) is 0.461. The largest absolute Gasteiger partial charge is 0.597 e. The first kappa shape index (κ1) is 10.1. The summed E-state index contributed by atoms with van der Waals surface area (Å²) in [4.78, 5) is 0. The van der Waals surface area contributed by atoms with Crippen molar-refractivity contribution in [3.8, 4) is 0 Å². The normalized spacial score (nSPS) is 23.2. The van der Waals surface area contributed by atoms with Crippen molar-refractivity contribution in [1.29, 1.82) is 0 Å². The van der Waals surface area contributed by atoms with Gasteiger partial charge >= 0.3 is 0 Å². The molecule has 0 aromatic carbocycles. The van der Waals surface area contributed by atoms with Crippen molar-refractivity contribution in [2.45, 2.75) is 31.9 Å². The molecule has 2 nitrogen and oxygen atoms in total. The summed E-state index contributed by atoms with van der Waals surface area (Å²) < 4.78 is 13.7. The maximum Gasteiger partial charge on any atom is 0.137 e. The van der Waals surface area contributed by atoms with Gasteiger partial charge in [-0.1, -0.05) is 12.2 Å². The van der Waals surface area contributed by atoms with Crippen LogP contribution >= 0.6 is 0 Å². The smallest absolute Gasteiger partial charge is 0.137 e. The molecule has 0 aliphatic carbocycles. The van der Waals surface area contributed by atoms with Gasteiger partial charge in [0.1, 0.15) is 4.75 Å². The van der Waals surface area contributed by atoms with Crippen LogP contribution in [0, 0.1) is 0 Å². The van der Waals surface area contributed by atoms with E-state index in [9.17, 15) is 4.55 Å². The topological polar surface area (TPSA) is 26.3 Å². The standard InChI is InChI=1S/C9H17NOS/c1-8-5-6-10(7-8)12(11)9(2,3)4/h1,5-7H2,2-4H3. The van der Waals surface area contributed by atoms with Crippen LogP contribution in [0.15, 0.2) is 12.2 Å². The van der Waals surface area contributed by atoms with E-state index in [4.69, 9.17) is 0 Å². The zero-order valence-electron chi connectivity index (χ0n) is 8.09. The Morgan fingerprint density at radius 3 is 2.42 bits per heavy atom. The monoisotopic (exact) mass is 187 g/mol. The zero-order valence-corrected chi connectivity index (χ0v) is 8.91. The van der Waals surface area contributed by atoms with Gasteiger partial charge in [0.15, 0.2) is 0 Å². The molecule has 0 radical (unpaired) electrons. The Morgan fingerprint density at radius 2 is 2.08 bits per heavy atom. The Kier molecular flexibility index (Phi) is 2.86. The Morgan fingerprint density at radius 1 is 1.50 bits per heavy atom. The van der Waals surface area contributed by atoms with Gasteiger partial charge in [0.25, 0.3) is 0 Å². The van der Waals surface area contributed by atoms with Crippen LogP contribution in [0.4, 0.5) is 0 Å². The minimum atomic E-state index is -0.861. The molecule has 1 aliphatic heterocycles. The van der Waals surface area contributed by atoms with E-state index in [0.29, 0.717) is 0 Å². The SMILES string of the molecule is C=C1CCN([S+]([O-])C(C)(C)C)C1. The van der Waals surface area contributed by atoms with Crippen molar-refractivity contribution >= 4 is 11.4 Å². The van der Waals surface area contributed by atoms with E-state index in [1.165, 1.54) is 5.57 Å². The third kappa shape index (κ3) is 2.25. The van der Waals surface area contributed by atoms with Gasteiger partial charge in [-0.3, -0.25) is 0 Å². The predicted molar refractivity (Wildman–Crippen MR) is 53.2 cm³/mol. The number of rotatable bonds is 1. The zero-order chi connectivity index (χ0) is 9.35. The summed E-state index contributed by atoms with van der Waals surface area (Å²) in [6, 6.07) is 0. The lowest BCUT2D eigenvalue weighted by Gasteiger charge is -2.29. The lowest BCUT2D eigenvalue weighted by molar-refractivity contribution is 0.454. The maximum atomic E-state index is 11.8. The van der Waals surface area contributed by atoms with Gasteiger partial charge in [-0.25, -0.2) is 0 Å². The van der Waals surface area contributed by atoms with E-state index in [1.807, 2.05) is 25.1 Å². The van der Waals surface area contributed by atoms with Crippen LogP contribution in [0.3, 0.4) is 0 Å². The number of nitrogens with zero attached hydrogens (tertiary/aromatic N) is 1. The highest BCUT2D eigenvalue weighted by Crippen LogP contribution is 2.25. The molecule has 0 aromatic rings. The fourth-order valence-electron chi connectivity index (χ4n) is 1.22. The van der Waals surface area contributed by atoms with E-state index in [2.05, 4.69) is 6.58 Å². The summed E-state index contributed by atoms with van der Waals surface area (Å²) in [5.74, 6) is 0. The first-order valence-corrected chi connectivity index (χ1v) is 5.35. The molecule has 0 aromatic heterocycles. The maximum absolute atomic E-state index is 11.8. The highest BCUT2D eigenvalue weighted by Gasteiger charge is 2.35.